The van der Waals surface area contributed by atoms with Gasteiger partial charge in [-0.1, -0.05) is 12.1 Å². The second kappa shape index (κ2) is 10.8. The topological polar surface area (TPSA) is 149 Å². The first-order chi connectivity index (χ1) is 16.6. The summed E-state index contributed by atoms with van der Waals surface area (Å²) in [4.78, 5) is 22.7. The molecule has 35 heavy (non-hydrogen) atoms. The van der Waals surface area contributed by atoms with Gasteiger partial charge in [-0.15, -0.1) is 0 Å². The van der Waals surface area contributed by atoms with Gasteiger partial charge in [-0.05, 0) is 70.0 Å². The summed E-state index contributed by atoms with van der Waals surface area (Å²) >= 11 is 3.23. The van der Waals surface area contributed by atoms with E-state index >= 15 is 0 Å². The second-order valence-corrected chi connectivity index (χ2v) is 9.23. The van der Waals surface area contributed by atoms with E-state index in [1.54, 1.807) is 6.07 Å². The highest BCUT2D eigenvalue weighted by Gasteiger charge is 2.19. The zero-order valence-electron chi connectivity index (χ0n) is 18.0. The number of amides is 1. The van der Waals surface area contributed by atoms with Crippen molar-refractivity contribution in [2.24, 2.45) is 0 Å². The van der Waals surface area contributed by atoms with E-state index in [9.17, 15) is 28.6 Å². The first-order valence-electron chi connectivity index (χ1n) is 9.68. The first-order valence-corrected chi connectivity index (χ1v) is 11.9. The van der Waals surface area contributed by atoms with E-state index in [-0.39, 0.29) is 32.1 Å². The van der Waals surface area contributed by atoms with Crippen LogP contribution in [0.2, 0.25) is 0 Å². The number of rotatable bonds is 8. The van der Waals surface area contributed by atoms with Crippen molar-refractivity contribution in [2.75, 3.05) is 12.4 Å². The molecule has 10 nitrogen and oxygen atoms in total. The predicted molar refractivity (Wildman–Crippen MR) is 130 cm³/mol. The molecule has 0 bridgehead atoms. The fourth-order valence-corrected chi connectivity index (χ4v) is 4.33. The molecule has 0 fully saturated rings. The third kappa shape index (κ3) is 6.44. The van der Waals surface area contributed by atoms with Gasteiger partial charge >= 0.3 is 10.1 Å². The molecule has 0 aliphatic carbocycles. The molecule has 12 heteroatoms. The Morgan fingerprint density at radius 1 is 1.14 bits per heavy atom. The number of halogens is 1. The highest BCUT2D eigenvalue weighted by molar-refractivity contribution is 9.10. The van der Waals surface area contributed by atoms with Crippen LogP contribution >= 0.6 is 15.9 Å². The monoisotopic (exact) mass is 557 g/mol. The van der Waals surface area contributed by atoms with E-state index in [1.165, 1.54) is 79.9 Å². The van der Waals surface area contributed by atoms with E-state index in [0.717, 1.165) is 0 Å². The maximum atomic E-state index is 12.6. The van der Waals surface area contributed by atoms with Crippen molar-refractivity contribution in [2.45, 2.75) is 4.90 Å². The zero-order valence-corrected chi connectivity index (χ0v) is 20.4. The molecule has 3 aromatic carbocycles. The molecule has 0 spiro atoms. The van der Waals surface area contributed by atoms with Crippen LogP contribution in [0.15, 0.2) is 81.7 Å². The number of nitro groups is 1. The van der Waals surface area contributed by atoms with Gasteiger partial charge in [0.15, 0.2) is 5.75 Å². The summed E-state index contributed by atoms with van der Waals surface area (Å²) in [6.45, 7) is 0. The van der Waals surface area contributed by atoms with Gasteiger partial charge in [-0.25, -0.2) is 0 Å². The standard InChI is InChI=1S/C23H16BrN3O7S/c1-33-19-6-8-20(9-7-19)35(31,32)34-22-10-5-15(12-21(22)24)11-16(14-25)23(28)26-17-3-2-4-18(13-17)27(29)30/h2-13H,1H3,(H,26,28)/b16-11+. The van der Waals surface area contributed by atoms with Gasteiger partial charge in [0.2, 0.25) is 0 Å². The molecule has 0 saturated heterocycles. The fraction of sp³-hybridized carbons (Fsp3) is 0.0435. The van der Waals surface area contributed by atoms with E-state index in [0.29, 0.717) is 11.3 Å². The number of nitrogens with zero attached hydrogens (tertiary/aromatic N) is 2. The number of carbonyl (C=O) groups is 1. The Morgan fingerprint density at radius 2 is 1.86 bits per heavy atom. The SMILES string of the molecule is COc1ccc(S(=O)(=O)Oc2ccc(/C=C(\C#N)C(=O)Nc3cccc([N+](=O)[O-])c3)cc2Br)cc1. The smallest absolute Gasteiger partial charge is 0.339 e. The molecule has 0 aromatic heterocycles. The highest BCUT2D eigenvalue weighted by atomic mass is 79.9. The van der Waals surface area contributed by atoms with Crippen LogP contribution in [0.4, 0.5) is 11.4 Å². The summed E-state index contributed by atoms with van der Waals surface area (Å²) in [7, 11) is -2.66. The summed E-state index contributed by atoms with van der Waals surface area (Å²) in [5.41, 5.74) is 0.0631. The number of non-ortho nitro benzene ring substituents is 1. The van der Waals surface area contributed by atoms with E-state index in [4.69, 9.17) is 8.92 Å². The van der Waals surface area contributed by atoms with E-state index in [2.05, 4.69) is 21.2 Å². The van der Waals surface area contributed by atoms with Crippen LogP contribution in [-0.4, -0.2) is 26.4 Å². The third-order valence-corrected chi connectivity index (χ3v) is 6.36. The van der Waals surface area contributed by atoms with Crippen LogP contribution in [0.3, 0.4) is 0 Å². The minimum atomic E-state index is -4.12. The van der Waals surface area contributed by atoms with Crippen LogP contribution in [0.5, 0.6) is 11.5 Å². The third-order valence-electron chi connectivity index (χ3n) is 4.49. The molecule has 0 aliphatic rings. The number of hydrogen-bond donors (Lipinski definition) is 1. The average Bonchev–Trinajstić information content (AvgIpc) is 2.84. The molecule has 0 unspecified atom stereocenters. The summed E-state index contributed by atoms with van der Waals surface area (Å²) in [5, 5.41) is 22.7. The van der Waals surface area contributed by atoms with Crippen molar-refractivity contribution >= 4 is 49.4 Å². The minimum Gasteiger partial charge on any atom is -0.497 e. The van der Waals surface area contributed by atoms with Crippen molar-refractivity contribution in [1.82, 2.24) is 0 Å². The molecule has 0 radical (unpaired) electrons. The minimum absolute atomic E-state index is 0.00229. The number of carbonyl (C=O) groups excluding carboxylic acids is 1. The maximum absolute atomic E-state index is 12.6. The summed E-state index contributed by atoms with van der Waals surface area (Å²) in [6, 6.07) is 17.0. The lowest BCUT2D eigenvalue weighted by Gasteiger charge is -2.10. The Morgan fingerprint density at radius 3 is 2.46 bits per heavy atom. The van der Waals surface area contributed by atoms with Gasteiger partial charge in [-0.2, -0.15) is 13.7 Å². The van der Waals surface area contributed by atoms with Crippen molar-refractivity contribution < 1.29 is 27.1 Å². The Bertz CT molecular complexity index is 1460. The summed E-state index contributed by atoms with van der Waals surface area (Å²) in [5.74, 6) is -0.284. The Labute approximate surface area is 208 Å². The van der Waals surface area contributed by atoms with Gasteiger partial charge < -0.3 is 14.2 Å². The molecule has 0 heterocycles. The first kappa shape index (κ1) is 25.4. The Kier molecular flexibility index (Phi) is 7.85. The Hall–Kier alpha value is -4.21. The van der Waals surface area contributed by atoms with E-state index < -0.39 is 20.9 Å². The lowest BCUT2D eigenvalue weighted by Crippen LogP contribution is -2.13. The molecule has 3 aromatic rings. The molecule has 0 saturated carbocycles. The van der Waals surface area contributed by atoms with Crippen LogP contribution in [0.25, 0.3) is 6.08 Å². The number of ether oxygens (including phenoxy) is 1. The summed E-state index contributed by atoms with van der Waals surface area (Å²) in [6.07, 6.45) is 1.28. The molecule has 1 amide bonds. The molecular formula is C23H16BrN3O7S. The number of nitrogens with one attached hydrogen (secondary N) is 1. The number of hydrogen-bond acceptors (Lipinski definition) is 8. The highest BCUT2D eigenvalue weighted by Crippen LogP contribution is 2.30. The van der Waals surface area contributed by atoms with Gasteiger partial charge in [-0.3, -0.25) is 14.9 Å². The lowest BCUT2D eigenvalue weighted by atomic mass is 10.1. The van der Waals surface area contributed by atoms with Gasteiger partial charge in [0.25, 0.3) is 11.6 Å². The largest absolute Gasteiger partial charge is 0.497 e. The predicted octanol–water partition coefficient (Wildman–Crippen LogP) is 4.68. The number of benzene rings is 3. The quantitative estimate of drug-likeness (QED) is 0.138. The Balaban J connectivity index is 1.78. The van der Waals surface area contributed by atoms with Crippen LogP contribution in [-0.2, 0) is 14.9 Å². The molecule has 178 valence electrons. The number of nitriles is 1. The number of methoxy groups -OCH3 is 1. The lowest BCUT2D eigenvalue weighted by molar-refractivity contribution is -0.384. The zero-order chi connectivity index (χ0) is 25.6. The molecule has 3 rings (SSSR count). The van der Waals surface area contributed by atoms with Crippen LogP contribution in [0, 0.1) is 21.4 Å². The van der Waals surface area contributed by atoms with Gasteiger partial charge in [0, 0.05) is 17.8 Å². The van der Waals surface area contributed by atoms with Crippen molar-refractivity contribution in [3.63, 3.8) is 0 Å². The number of anilines is 1. The molecule has 1 N–H and O–H groups in total. The normalized spacial score (nSPS) is 11.3. The summed E-state index contributed by atoms with van der Waals surface area (Å²) < 4.78 is 35.6. The van der Waals surface area contributed by atoms with E-state index in [1.807, 2.05) is 0 Å². The molecular weight excluding hydrogens is 542 g/mol. The molecule has 0 atom stereocenters. The number of nitro benzene ring substituents is 1. The second-order valence-electron chi connectivity index (χ2n) is 6.83. The molecule has 0 aliphatic heterocycles. The van der Waals surface area contributed by atoms with Crippen LogP contribution < -0.4 is 14.2 Å². The van der Waals surface area contributed by atoms with Gasteiger partial charge in [0.05, 0.1) is 16.5 Å². The average molecular weight is 558 g/mol. The van der Waals surface area contributed by atoms with Crippen molar-refractivity contribution in [3.8, 4) is 17.6 Å². The van der Waals surface area contributed by atoms with Crippen molar-refractivity contribution in [3.05, 3.63) is 92.5 Å². The fourth-order valence-electron chi connectivity index (χ4n) is 2.79. The van der Waals surface area contributed by atoms with Gasteiger partial charge in [0.1, 0.15) is 22.3 Å². The van der Waals surface area contributed by atoms with Crippen LogP contribution in [0.1, 0.15) is 5.56 Å². The van der Waals surface area contributed by atoms with Crippen molar-refractivity contribution in [1.29, 1.82) is 5.26 Å². The maximum Gasteiger partial charge on any atom is 0.339 e.